The molecule has 0 spiro atoms. The van der Waals surface area contributed by atoms with E-state index in [4.69, 9.17) is 15.2 Å². The van der Waals surface area contributed by atoms with Crippen LogP contribution in [0.5, 0.6) is 11.5 Å². The highest BCUT2D eigenvalue weighted by molar-refractivity contribution is 5.76. The molecular formula is C19H30N2O3. The Morgan fingerprint density at radius 2 is 2.04 bits per heavy atom. The molecule has 0 heterocycles. The molecule has 0 radical (unpaired) electrons. The number of rotatable bonds is 7. The van der Waals surface area contributed by atoms with Crippen molar-refractivity contribution in [3.8, 4) is 11.5 Å². The zero-order valence-corrected chi connectivity index (χ0v) is 15.2. The Balaban J connectivity index is 1.98. The van der Waals surface area contributed by atoms with Crippen LogP contribution >= 0.6 is 0 Å². The molecule has 0 aromatic heterocycles. The predicted molar refractivity (Wildman–Crippen MR) is 95.2 cm³/mol. The third-order valence-electron chi connectivity index (χ3n) is 4.59. The Labute approximate surface area is 144 Å². The van der Waals surface area contributed by atoms with E-state index in [1.807, 2.05) is 39.0 Å². The summed E-state index contributed by atoms with van der Waals surface area (Å²) in [7, 11) is 1.62. The average molecular weight is 334 g/mol. The molecule has 5 heteroatoms. The van der Waals surface area contributed by atoms with Crippen LogP contribution in [0.15, 0.2) is 18.2 Å². The highest BCUT2D eigenvalue weighted by atomic mass is 16.5. The first-order valence-electron chi connectivity index (χ1n) is 8.80. The second-order valence-electron chi connectivity index (χ2n) is 6.93. The third kappa shape index (κ3) is 4.87. The first-order chi connectivity index (χ1) is 11.4. The van der Waals surface area contributed by atoms with E-state index < -0.39 is 0 Å². The molecular weight excluding hydrogens is 304 g/mol. The minimum Gasteiger partial charge on any atom is -0.493 e. The highest BCUT2D eigenvalue weighted by Crippen LogP contribution is 2.31. The Morgan fingerprint density at radius 3 is 2.62 bits per heavy atom. The van der Waals surface area contributed by atoms with Crippen LogP contribution in [0.3, 0.4) is 0 Å². The van der Waals surface area contributed by atoms with E-state index in [1.165, 1.54) is 0 Å². The molecule has 1 aromatic rings. The molecule has 1 fully saturated rings. The standard InChI is InChI=1S/C19H30N2O3/c1-12(2)24-17-9-8-14(10-18(17)23-4)13(3)21-19(22)11-15-6-5-7-16(15)20/h8-10,12-13,15-16H,5-7,11,20H2,1-4H3,(H,21,22)/t13?,15-,16+/m0/s1. The predicted octanol–water partition coefficient (Wildman–Crippen LogP) is 3.18. The SMILES string of the molecule is COc1cc(C(C)NC(=O)C[C@@H]2CCC[C@H]2N)ccc1OC(C)C. The molecule has 2 rings (SSSR count). The largest absolute Gasteiger partial charge is 0.493 e. The van der Waals surface area contributed by atoms with Crippen LogP contribution < -0.4 is 20.5 Å². The molecule has 0 saturated heterocycles. The highest BCUT2D eigenvalue weighted by Gasteiger charge is 2.26. The van der Waals surface area contributed by atoms with Gasteiger partial charge in [-0.1, -0.05) is 12.5 Å². The smallest absolute Gasteiger partial charge is 0.220 e. The van der Waals surface area contributed by atoms with E-state index in [-0.39, 0.29) is 24.1 Å². The normalized spacial score (nSPS) is 21.6. The first kappa shape index (κ1) is 18.6. The number of methoxy groups -OCH3 is 1. The quantitative estimate of drug-likeness (QED) is 0.803. The van der Waals surface area contributed by atoms with Crippen LogP contribution in [-0.2, 0) is 4.79 Å². The molecule has 0 aliphatic heterocycles. The molecule has 0 bridgehead atoms. The molecule has 1 aromatic carbocycles. The zero-order valence-electron chi connectivity index (χ0n) is 15.2. The molecule has 1 amide bonds. The van der Waals surface area contributed by atoms with Crippen LogP contribution in [0.4, 0.5) is 0 Å². The Hall–Kier alpha value is -1.75. The second-order valence-corrected chi connectivity index (χ2v) is 6.93. The molecule has 1 saturated carbocycles. The van der Waals surface area contributed by atoms with E-state index in [1.54, 1.807) is 7.11 Å². The van der Waals surface area contributed by atoms with Crippen molar-refractivity contribution < 1.29 is 14.3 Å². The maximum Gasteiger partial charge on any atom is 0.220 e. The van der Waals surface area contributed by atoms with Gasteiger partial charge in [0.25, 0.3) is 0 Å². The van der Waals surface area contributed by atoms with Gasteiger partial charge in [-0.15, -0.1) is 0 Å². The Kier molecular flexibility index (Phi) is 6.49. The summed E-state index contributed by atoms with van der Waals surface area (Å²) >= 11 is 0. The summed E-state index contributed by atoms with van der Waals surface area (Å²) in [4.78, 5) is 12.3. The monoisotopic (exact) mass is 334 g/mol. The van der Waals surface area contributed by atoms with Gasteiger partial charge in [0.05, 0.1) is 19.3 Å². The fourth-order valence-corrected chi connectivity index (χ4v) is 3.25. The number of nitrogens with two attached hydrogens (primary N) is 1. The molecule has 1 aliphatic rings. The Bertz CT molecular complexity index is 560. The van der Waals surface area contributed by atoms with Gasteiger partial charge in [-0.25, -0.2) is 0 Å². The molecule has 24 heavy (non-hydrogen) atoms. The topological polar surface area (TPSA) is 73.6 Å². The zero-order chi connectivity index (χ0) is 17.7. The summed E-state index contributed by atoms with van der Waals surface area (Å²) in [5.74, 6) is 1.77. The lowest BCUT2D eigenvalue weighted by Crippen LogP contribution is -2.32. The van der Waals surface area contributed by atoms with Gasteiger partial charge in [0, 0.05) is 12.5 Å². The third-order valence-corrected chi connectivity index (χ3v) is 4.59. The molecule has 3 N–H and O–H groups in total. The maximum absolute atomic E-state index is 12.3. The molecule has 134 valence electrons. The summed E-state index contributed by atoms with van der Waals surface area (Å²) in [6.45, 7) is 5.93. The van der Waals surface area contributed by atoms with Crippen molar-refractivity contribution in [2.24, 2.45) is 11.7 Å². The lowest BCUT2D eigenvalue weighted by Gasteiger charge is -2.20. The van der Waals surface area contributed by atoms with Crippen molar-refractivity contribution in [1.82, 2.24) is 5.32 Å². The van der Waals surface area contributed by atoms with Crippen molar-refractivity contribution >= 4 is 5.91 Å². The summed E-state index contributed by atoms with van der Waals surface area (Å²) < 4.78 is 11.1. The summed E-state index contributed by atoms with van der Waals surface area (Å²) in [5, 5.41) is 3.06. The average Bonchev–Trinajstić information content (AvgIpc) is 2.92. The fourth-order valence-electron chi connectivity index (χ4n) is 3.25. The Morgan fingerprint density at radius 1 is 1.29 bits per heavy atom. The second kappa shape index (κ2) is 8.38. The number of benzene rings is 1. The minimum atomic E-state index is -0.0860. The van der Waals surface area contributed by atoms with Gasteiger partial charge in [-0.3, -0.25) is 4.79 Å². The van der Waals surface area contributed by atoms with Crippen LogP contribution in [0.1, 0.15) is 58.1 Å². The van der Waals surface area contributed by atoms with Crippen molar-refractivity contribution in [2.75, 3.05) is 7.11 Å². The van der Waals surface area contributed by atoms with Gasteiger partial charge in [-0.2, -0.15) is 0 Å². The summed E-state index contributed by atoms with van der Waals surface area (Å²) in [6.07, 6.45) is 3.80. The minimum absolute atomic E-state index is 0.0614. The molecule has 1 aliphatic carbocycles. The summed E-state index contributed by atoms with van der Waals surface area (Å²) in [6, 6.07) is 5.86. The van der Waals surface area contributed by atoms with Gasteiger partial charge < -0.3 is 20.5 Å². The lowest BCUT2D eigenvalue weighted by atomic mass is 9.99. The van der Waals surface area contributed by atoms with Crippen LogP contribution in [0.25, 0.3) is 0 Å². The number of ether oxygens (including phenoxy) is 2. The molecule has 1 unspecified atom stereocenters. The van der Waals surface area contributed by atoms with E-state index in [0.29, 0.717) is 23.8 Å². The van der Waals surface area contributed by atoms with E-state index in [9.17, 15) is 4.79 Å². The van der Waals surface area contributed by atoms with Crippen LogP contribution in [-0.4, -0.2) is 25.2 Å². The number of carbonyl (C=O) groups excluding carboxylic acids is 1. The first-order valence-corrected chi connectivity index (χ1v) is 8.80. The summed E-state index contributed by atoms with van der Waals surface area (Å²) in [5.41, 5.74) is 7.05. The number of amides is 1. The van der Waals surface area contributed by atoms with E-state index in [0.717, 1.165) is 24.8 Å². The van der Waals surface area contributed by atoms with E-state index >= 15 is 0 Å². The van der Waals surface area contributed by atoms with Crippen LogP contribution in [0, 0.1) is 5.92 Å². The fraction of sp³-hybridized carbons (Fsp3) is 0.632. The number of carbonyl (C=O) groups is 1. The number of hydrogen-bond donors (Lipinski definition) is 2. The molecule has 5 nitrogen and oxygen atoms in total. The number of nitrogens with one attached hydrogen (secondary N) is 1. The molecule has 3 atom stereocenters. The van der Waals surface area contributed by atoms with Gasteiger partial charge in [0.1, 0.15) is 0 Å². The number of hydrogen-bond acceptors (Lipinski definition) is 4. The van der Waals surface area contributed by atoms with Gasteiger partial charge >= 0.3 is 0 Å². The van der Waals surface area contributed by atoms with Gasteiger partial charge in [-0.05, 0) is 57.2 Å². The van der Waals surface area contributed by atoms with Gasteiger partial charge in [0.2, 0.25) is 5.91 Å². The van der Waals surface area contributed by atoms with Crippen molar-refractivity contribution in [3.05, 3.63) is 23.8 Å². The van der Waals surface area contributed by atoms with Crippen LogP contribution in [0.2, 0.25) is 0 Å². The lowest BCUT2D eigenvalue weighted by molar-refractivity contribution is -0.122. The van der Waals surface area contributed by atoms with Crippen molar-refractivity contribution in [2.45, 2.75) is 64.6 Å². The van der Waals surface area contributed by atoms with E-state index in [2.05, 4.69) is 5.32 Å². The van der Waals surface area contributed by atoms with Crippen molar-refractivity contribution in [3.63, 3.8) is 0 Å². The van der Waals surface area contributed by atoms with Crippen molar-refractivity contribution in [1.29, 1.82) is 0 Å². The van der Waals surface area contributed by atoms with Gasteiger partial charge in [0.15, 0.2) is 11.5 Å². The maximum atomic E-state index is 12.3.